The number of pyridine rings is 1. The number of hydrogen-bond donors (Lipinski definition) is 1. The van der Waals surface area contributed by atoms with Gasteiger partial charge in [0.1, 0.15) is 12.1 Å². The van der Waals surface area contributed by atoms with Crippen LogP contribution < -0.4 is 5.73 Å². The van der Waals surface area contributed by atoms with Crippen molar-refractivity contribution in [1.29, 1.82) is 0 Å². The molecular formula is C12H14ClN5O. The molecule has 0 radical (unpaired) electrons. The van der Waals surface area contributed by atoms with Crippen LogP contribution in [0, 0.1) is 0 Å². The number of likely N-dealkylation sites (tertiary alicyclic amines) is 1. The highest BCUT2D eigenvalue weighted by Crippen LogP contribution is 2.19. The van der Waals surface area contributed by atoms with Crippen molar-refractivity contribution in [3.05, 3.63) is 17.3 Å². The normalized spacial score (nSPS) is 15.3. The lowest BCUT2D eigenvalue weighted by molar-refractivity contribution is -0.130. The van der Waals surface area contributed by atoms with Crippen molar-refractivity contribution in [2.75, 3.05) is 18.8 Å². The number of rotatable bonds is 2. The number of aromatic nitrogens is 3. The number of hydrogen-bond acceptors (Lipinski definition) is 4. The van der Waals surface area contributed by atoms with Crippen LogP contribution >= 0.6 is 11.6 Å². The van der Waals surface area contributed by atoms with E-state index in [0.29, 0.717) is 16.2 Å². The predicted molar refractivity (Wildman–Crippen MR) is 72.8 cm³/mol. The number of carbonyl (C=O) groups excluding carboxylic acids is 1. The first kappa shape index (κ1) is 12.2. The Morgan fingerprint density at radius 3 is 2.89 bits per heavy atom. The Bertz CT molecular complexity index is 632. The highest BCUT2D eigenvalue weighted by atomic mass is 35.5. The molecule has 1 amide bonds. The minimum Gasteiger partial charge on any atom is -0.369 e. The second kappa shape index (κ2) is 4.70. The Kier molecular flexibility index (Phi) is 3.02. The number of carbonyl (C=O) groups is 1. The average Bonchev–Trinajstić information content (AvgIpc) is 2.98. The smallest absolute Gasteiger partial charge is 0.242 e. The van der Waals surface area contributed by atoms with Crippen LogP contribution in [-0.4, -0.2) is 38.4 Å². The number of nitrogens with zero attached hydrogens (tertiary/aromatic N) is 4. The number of nitrogen functional groups attached to an aromatic ring is 1. The van der Waals surface area contributed by atoms with Crippen LogP contribution in [0.25, 0.3) is 11.2 Å². The van der Waals surface area contributed by atoms with Crippen molar-refractivity contribution < 1.29 is 4.79 Å². The summed E-state index contributed by atoms with van der Waals surface area (Å²) in [7, 11) is 0. The first-order valence-corrected chi connectivity index (χ1v) is 6.58. The topological polar surface area (TPSA) is 77.0 Å². The van der Waals surface area contributed by atoms with Crippen molar-refractivity contribution in [1.82, 2.24) is 19.4 Å². The van der Waals surface area contributed by atoms with Gasteiger partial charge in [0.2, 0.25) is 11.9 Å². The number of fused-ring (bicyclic) bond motifs is 1. The summed E-state index contributed by atoms with van der Waals surface area (Å²) in [4.78, 5) is 22.4. The van der Waals surface area contributed by atoms with Crippen molar-refractivity contribution in [2.24, 2.45) is 0 Å². The number of amides is 1. The van der Waals surface area contributed by atoms with Crippen molar-refractivity contribution in [3.8, 4) is 0 Å². The van der Waals surface area contributed by atoms with Crippen molar-refractivity contribution in [2.45, 2.75) is 19.4 Å². The van der Waals surface area contributed by atoms with Gasteiger partial charge in [-0.3, -0.25) is 9.36 Å². The van der Waals surface area contributed by atoms with E-state index in [1.165, 1.54) is 6.20 Å². The number of nitrogens with two attached hydrogens (primary N) is 1. The van der Waals surface area contributed by atoms with E-state index in [1.54, 1.807) is 10.6 Å². The maximum Gasteiger partial charge on any atom is 0.242 e. The van der Waals surface area contributed by atoms with Gasteiger partial charge in [-0.25, -0.2) is 9.97 Å². The minimum absolute atomic E-state index is 0.0558. The zero-order valence-electron chi connectivity index (χ0n) is 10.3. The first-order chi connectivity index (χ1) is 9.15. The molecule has 0 spiro atoms. The summed E-state index contributed by atoms with van der Waals surface area (Å²) < 4.78 is 1.63. The molecule has 1 aliphatic rings. The molecule has 0 atom stereocenters. The van der Waals surface area contributed by atoms with Gasteiger partial charge in [0.15, 0.2) is 5.65 Å². The third-order valence-corrected chi connectivity index (χ3v) is 3.54. The molecule has 0 saturated carbocycles. The number of imidazole rings is 1. The van der Waals surface area contributed by atoms with Gasteiger partial charge in [-0.1, -0.05) is 11.6 Å². The highest BCUT2D eigenvalue weighted by molar-refractivity contribution is 6.31. The van der Waals surface area contributed by atoms with E-state index >= 15 is 0 Å². The summed E-state index contributed by atoms with van der Waals surface area (Å²) in [5.74, 6) is 0.345. The lowest BCUT2D eigenvalue weighted by atomic mass is 10.4. The molecule has 6 nitrogen and oxygen atoms in total. The standard InChI is InChI=1S/C12H14ClN5O/c13-8-5-9-11(15-6-8)18(12(14)16-9)7-10(19)17-3-1-2-4-17/h5-6H,1-4,7H2,(H2,14,16). The van der Waals surface area contributed by atoms with Crippen LogP contribution in [0.15, 0.2) is 12.3 Å². The predicted octanol–water partition coefficient (Wildman–Crippen LogP) is 1.29. The second-order valence-electron chi connectivity index (χ2n) is 4.64. The average molecular weight is 280 g/mol. The molecule has 1 aliphatic heterocycles. The molecule has 2 aromatic heterocycles. The molecule has 1 fully saturated rings. The lowest BCUT2D eigenvalue weighted by Gasteiger charge is -2.15. The van der Waals surface area contributed by atoms with E-state index < -0.39 is 0 Å². The molecule has 19 heavy (non-hydrogen) atoms. The zero-order valence-corrected chi connectivity index (χ0v) is 11.1. The van der Waals surface area contributed by atoms with Crippen molar-refractivity contribution >= 4 is 34.6 Å². The Balaban J connectivity index is 1.91. The lowest BCUT2D eigenvalue weighted by Crippen LogP contribution is -2.31. The van der Waals surface area contributed by atoms with Gasteiger partial charge in [-0.15, -0.1) is 0 Å². The summed E-state index contributed by atoms with van der Waals surface area (Å²) in [6.45, 7) is 1.83. The van der Waals surface area contributed by atoms with Gasteiger partial charge < -0.3 is 10.6 Å². The Morgan fingerprint density at radius 1 is 1.42 bits per heavy atom. The summed E-state index contributed by atoms with van der Waals surface area (Å²) in [6, 6.07) is 1.69. The highest BCUT2D eigenvalue weighted by Gasteiger charge is 2.20. The summed E-state index contributed by atoms with van der Waals surface area (Å²) in [5.41, 5.74) is 7.05. The maximum absolute atomic E-state index is 12.1. The van der Waals surface area contributed by atoms with Gasteiger partial charge >= 0.3 is 0 Å². The monoisotopic (exact) mass is 279 g/mol. The molecule has 2 N–H and O–H groups in total. The largest absolute Gasteiger partial charge is 0.369 e. The fraction of sp³-hybridized carbons (Fsp3) is 0.417. The molecule has 0 aliphatic carbocycles. The fourth-order valence-corrected chi connectivity index (χ4v) is 2.51. The number of halogens is 1. The summed E-state index contributed by atoms with van der Waals surface area (Å²) in [6.07, 6.45) is 3.67. The van der Waals surface area contributed by atoms with Gasteiger partial charge in [0, 0.05) is 19.3 Å². The van der Waals surface area contributed by atoms with E-state index in [1.807, 2.05) is 4.90 Å². The quantitative estimate of drug-likeness (QED) is 0.899. The molecular weight excluding hydrogens is 266 g/mol. The fourth-order valence-electron chi connectivity index (χ4n) is 2.36. The second-order valence-corrected chi connectivity index (χ2v) is 5.08. The van der Waals surface area contributed by atoms with E-state index in [0.717, 1.165) is 25.9 Å². The van der Waals surface area contributed by atoms with E-state index in [2.05, 4.69) is 9.97 Å². The molecule has 3 rings (SSSR count). The summed E-state index contributed by atoms with van der Waals surface area (Å²) in [5, 5.41) is 0.503. The molecule has 0 aromatic carbocycles. The van der Waals surface area contributed by atoms with E-state index in [-0.39, 0.29) is 18.4 Å². The zero-order chi connectivity index (χ0) is 13.4. The van der Waals surface area contributed by atoms with Gasteiger partial charge in [-0.2, -0.15) is 0 Å². The molecule has 3 heterocycles. The Labute approximate surface area is 115 Å². The third-order valence-electron chi connectivity index (χ3n) is 3.33. The molecule has 0 bridgehead atoms. The first-order valence-electron chi connectivity index (χ1n) is 6.20. The Hall–Kier alpha value is -1.82. The third kappa shape index (κ3) is 2.23. The number of anilines is 1. The van der Waals surface area contributed by atoms with Crippen LogP contribution in [0.5, 0.6) is 0 Å². The van der Waals surface area contributed by atoms with Crippen LogP contribution in [0.3, 0.4) is 0 Å². The molecule has 7 heteroatoms. The van der Waals surface area contributed by atoms with Gasteiger partial charge in [-0.05, 0) is 18.9 Å². The van der Waals surface area contributed by atoms with Crippen LogP contribution in [0.2, 0.25) is 5.02 Å². The molecule has 100 valence electrons. The molecule has 2 aromatic rings. The van der Waals surface area contributed by atoms with Gasteiger partial charge in [0.05, 0.1) is 5.02 Å². The van der Waals surface area contributed by atoms with Crippen LogP contribution in [-0.2, 0) is 11.3 Å². The van der Waals surface area contributed by atoms with Crippen LogP contribution in [0.1, 0.15) is 12.8 Å². The maximum atomic E-state index is 12.1. The molecule has 1 saturated heterocycles. The minimum atomic E-state index is 0.0558. The van der Waals surface area contributed by atoms with Crippen molar-refractivity contribution in [3.63, 3.8) is 0 Å². The van der Waals surface area contributed by atoms with E-state index in [9.17, 15) is 4.79 Å². The SMILES string of the molecule is Nc1nc2cc(Cl)cnc2n1CC(=O)N1CCCC1. The molecule has 0 unspecified atom stereocenters. The van der Waals surface area contributed by atoms with E-state index in [4.69, 9.17) is 17.3 Å². The summed E-state index contributed by atoms with van der Waals surface area (Å²) >= 11 is 5.86. The van der Waals surface area contributed by atoms with Crippen LogP contribution in [0.4, 0.5) is 5.95 Å². The van der Waals surface area contributed by atoms with Gasteiger partial charge in [0.25, 0.3) is 0 Å². The Morgan fingerprint density at radius 2 is 2.16 bits per heavy atom.